The summed E-state index contributed by atoms with van der Waals surface area (Å²) < 4.78 is 0. The highest BCUT2D eigenvalue weighted by Gasteiger charge is 2.60. The largest absolute Gasteiger partial charge is 0.233 e. The zero-order valence-electron chi connectivity index (χ0n) is 29.4. The molecule has 2 aromatic carbocycles. The monoisotopic (exact) mass is 662 g/mol. The molecule has 2 aromatic rings. The Balaban J connectivity index is 1.24. The van der Waals surface area contributed by atoms with E-state index in [0.29, 0.717) is 29.3 Å². The molecule has 0 N–H and O–H groups in total. The summed E-state index contributed by atoms with van der Waals surface area (Å²) in [4.78, 5) is 11.2. The maximum absolute atomic E-state index is 5.09. The van der Waals surface area contributed by atoms with Crippen LogP contribution in [-0.4, -0.2) is 11.5 Å². The van der Waals surface area contributed by atoms with Gasteiger partial charge in [-0.2, -0.15) is 0 Å². The van der Waals surface area contributed by atoms with Gasteiger partial charge in [-0.3, -0.25) is 0 Å². The molecule has 0 saturated heterocycles. The molecule has 2 saturated carbocycles. The van der Waals surface area contributed by atoms with Gasteiger partial charge < -0.3 is 0 Å². The second-order valence-electron chi connectivity index (χ2n) is 14.8. The molecule has 5 aliphatic rings. The Kier molecular flexibility index (Phi) is 9.66. The molecule has 49 heavy (non-hydrogen) atoms. The number of fused-ring (bicyclic) bond motifs is 8. The number of allylic oxidation sites excluding steroid dienone is 12. The van der Waals surface area contributed by atoms with Gasteiger partial charge in [0, 0.05) is 27.5 Å². The average Bonchev–Trinajstić information content (AvgIpc) is 3.40. The Morgan fingerprint density at radius 1 is 1.02 bits per heavy atom. The van der Waals surface area contributed by atoms with Crippen molar-refractivity contribution < 1.29 is 0 Å². The van der Waals surface area contributed by atoms with Gasteiger partial charge in [0.15, 0.2) is 5.84 Å². The highest BCUT2D eigenvalue weighted by molar-refractivity contribution is 7.80. The quantitative estimate of drug-likeness (QED) is 0.132. The lowest BCUT2D eigenvalue weighted by Gasteiger charge is -2.55. The number of rotatable bonds is 7. The maximum Gasteiger partial charge on any atom is 0.160 e. The van der Waals surface area contributed by atoms with E-state index in [1.54, 1.807) is 11.6 Å². The molecule has 2 fully saturated rings. The van der Waals surface area contributed by atoms with Crippen LogP contribution in [0.25, 0.3) is 5.57 Å². The van der Waals surface area contributed by atoms with E-state index in [2.05, 4.69) is 106 Å². The van der Waals surface area contributed by atoms with Gasteiger partial charge >= 0.3 is 0 Å². The second kappa shape index (κ2) is 14.1. The van der Waals surface area contributed by atoms with Crippen LogP contribution in [-0.2, 0) is 5.41 Å². The summed E-state index contributed by atoms with van der Waals surface area (Å²) in [6.45, 7) is 14.8. The van der Waals surface area contributed by atoms with Gasteiger partial charge in [0.05, 0.1) is 5.70 Å². The summed E-state index contributed by atoms with van der Waals surface area (Å²) in [6.07, 6.45) is 30.9. The summed E-state index contributed by atoms with van der Waals surface area (Å²) in [5, 5.41) is 0. The molecule has 0 radical (unpaired) electrons. The number of hydrogen-bond acceptors (Lipinski definition) is 2. The van der Waals surface area contributed by atoms with Gasteiger partial charge in [0.1, 0.15) is 0 Å². The minimum absolute atomic E-state index is 0.205. The van der Waals surface area contributed by atoms with E-state index < -0.39 is 0 Å². The Morgan fingerprint density at radius 3 is 2.61 bits per heavy atom. The number of hydrogen-bond donors (Lipinski definition) is 1. The molecule has 250 valence electrons. The molecule has 0 aromatic heterocycles. The molecule has 7 rings (SSSR count). The van der Waals surface area contributed by atoms with Gasteiger partial charge in [-0.05, 0) is 115 Å². The van der Waals surface area contributed by atoms with E-state index in [1.165, 1.54) is 48.8 Å². The fraction of sp³-hybridized carbons (Fsp3) is 0.348. The first kappa shape index (κ1) is 33.5. The third-order valence-electron chi connectivity index (χ3n) is 12.0. The molecule has 5 aliphatic carbocycles. The number of nitrogens with zero attached hydrogens (tertiary/aromatic N) is 2. The first-order valence-corrected chi connectivity index (χ1v) is 18.8. The van der Waals surface area contributed by atoms with E-state index in [4.69, 9.17) is 22.6 Å². The van der Waals surface area contributed by atoms with Gasteiger partial charge in [-0.1, -0.05) is 124 Å². The minimum Gasteiger partial charge on any atom is -0.233 e. The zero-order valence-corrected chi connectivity index (χ0v) is 30.3. The normalized spacial score (nSPS) is 29.5. The molecule has 6 unspecified atom stereocenters. The van der Waals surface area contributed by atoms with Crippen LogP contribution in [0, 0.1) is 23.7 Å². The summed E-state index contributed by atoms with van der Waals surface area (Å²) in [6, 6.07) is 15.8. The van der Waals surface area contributed by atoms with Gasteiger partial charge in [0.25, 0.3) is 0 Å². The number of aliphatic imine (C=N–C) groups is 2. The Labute approximate surface area is 299 Å². The van der Waals surface area contributed by atoms with Crippen LogP contribution in [0.2, 0.25) is 0 Å². The standard InChI is InChI=1S/C46H50N2S/c1-6-12-34(13-7-2)31(4)47-45(48-32(5)35-15-9-8-10-16-35)37-20-18-36(19-21-37)38-22-25-43-42(28-38)41-24-23-40(49)29-44(41)46(43)30(3)26-33-14-11-17-39(46)27-33/h6-7,9,12-13,15-16,18-25,28-30,33,39,42-43,49H,1,4,8,10-11,14,17,26-27H2,2-3,5H3/b13-7-,34-12+,47-45?,48-32?. The molecule has 1 spiro atoms. The van der Waals surface area contributed by atoms with Crippen LogP contribution >= 0.6 is 12.6 Å². The van der Waals surface area contributed by atoms with Gasteiger partial charge in [-0.15, -0.1) is 12.6 Å². The SMILES string of the molecule is C=C/C=C(\C=C/C)C(=C)N=C(N=C(C)C1=CCCC=C1)c1ccc(C2=CC3c4ccc(S)cc4C4(C(C)CC5CCCC4C5)C3C=C2)cc1. The van der Waals surface area contributed by atoms with Crippen molar-refractivity contribution in [1.82, 2.24) is 0 Å². The smallest absolute Gasteiger partial charge is 0.160 e. The second-order valence-corrected chi connectivity index (χ2v) is 15.3. The van der Waals surface area contributed by atoms with E-state index >= 15 is 0 Å². The molecule has 3 heteroatoms. The Bertz CT molecular complexity index is 1890. The number of thiol groups is 1. The average molecular weight is 663 g/mol. The van der Waals surface area contributed by atoms with Crippen LogP contribution in [0.15, 0.2) is 148 Å². The third-order valence-corrected chi connectivity index (χ3v) is 12.3. The number of amidine groups is 1. The number of benzene rings is 2. The fourth-order valence-corrected chi connectivity index (χ4v) is 10.1. The lowest BCUT2D eigenvalue weighted by molar-refractivity contribution is 0.0145. The first-order valence-electron chi connectivity index (χ1n) is 18.3. The predicted octanol–water partition coefficient (Wildman–Crippen LogP) is 12.1. The summed E-state index contributed by atoms with van der Waals surface area (Å²) in [7, 11) is 0. The van der Waals surface area contributed by atoms with Crippen molar-refractivity contribution in [3.63, 3.8) is 0 Å². The van der Waals surface area contributed by atoms with Gasteiger partial charge in [-0.25, -0.2) is 9.98 Å². The fourth-order valence-electron chi connectivity index (χ4n) is 9.94. The van der Waals surface area contributed by atoms with Crippen LogP contribution < -0.4 is 0 Å². The summed E-state index contributed by atoms with van der Waals surface area (Å²) >= 11 is 4.87. The zero-order chi connectivity index (χ0) is 34.1. The van der Waals surface area contributed by atoms with E-state index in [1.807, 2.05) is 25.2 Å². The maximum atomic E-state index is 5.09. The molecular formula is C46H50N2S. The van der Waals surface area contributed by atoms with Crippen LogP contribution in [0.4, 0.5) is 0 Å². The summed E-state index contributed by atoms with van der Waals surface area (Å²) in [5.74, 6) is 3.87. The van der Waals surface area contributed by atoms with Crippen molar-refractivity contribution in [1.29, 1.82) is 0 Å². The highest BCUT2D eigenvalue weighted by atomic mass is 32.1. The van der Waals surface area contributed by atoms with E-state index in [9.17, 15) is 0 Å². The van der Waals surface area contributed by atoms with Crippen molar-refractivity contribution in [2.24, 2.45) is 33.7 Å². The molecule has 0 heterocycles. The summed E-state index contributed by atoms with van der Waals surface area (Å²) in [5.41, 5.74) is 10.5. The predicted molar refractivity (Wildman–Crippen MR) is 213 cm³/mol. The Morgan fingerprint density at radius 2 is 1.86 bits per heavy atom. The van der Waals surface area contributed by atoms with Crippen LogP contribution in [0.5, 0.6) is 0 Å². The molecule has 2 nitrogen and oxygen atoms in total. The molecule has 0 aliphatic heterocycles. The van der Waals surface area contributed by atoms with Crippen LogP contribution in [0.3, 0.4) is 0 Å². The highest BCUT2D eigenvalue weighted by Crippen LogP contribution is 2.66. The van der Waals surface area contributed by atoms with Crippen molar-refractivity contribution in [3.8, 4) is 0 Å². The lowest BCUT2D eigenvalue weighted by Crippen LogP contribution is -2.51. The van der Waals surface area contributed by atoms with Crippen molar-refractivity contribution in [2.45, 2.75) is 81.9 Å². The van der Waals surface area contributed by atoms with Crippen molar-refractivity contribution in [3.05, 3.63) is 155 Å². The molecule has 0 amide bonds. The van der Waals surface area contributed by atoms with E-state index in [0.717, 1.165) is 52.0 Å². The van der Waals surface area contributed by atoms with E-state index in [-0.39, 0.29) is 5.41 Å². The first-order chi connectivity index (χ1) is 23.8. The van der Waals surface area contributed by atoms with Crippen molar-refractivity contribution >= 4 is 29.7 Å². The van der Waals surface area contributed by atoms with Crippen molar-refractivity contribution in [2.75, 3.05) is 0 Å². The Hall–Kier alpha value is -3.95. The lowest BCUT2D eigenvalue weighted by atomic mass is 9.48. The van der Waals surface area contributed by atoms with Gasteiger partial charge in [0.2, 0.25) is 0 Å². The van der Waals surface area contributed by atoms with Crippen LogP contribution in [0.1, 0.15) is 93.9 Å². The minimum atomic E-state index is 0.205. The topological polar surface area (TPSA) is 24.7 Å². The molecular weight excluding hydrogens is 613 g/mol. The molecule has 2 bridgehead atoms. The third kappa shape index (κ3) is 6.20. The molecule has 6 atom stereocenters.